The summed E-state index contributed by atoms with van der Waals surface area (Å²) < 4.78 is 4.20. The molecule has 2 aromatic heterocycles. The Balaban J connectivity index is 1.67. The number of hydrogen-bond acceptors (Lipinski definition) is 3. The van der Waals surface area contributed by atoms with Gasteiger partial charge in [-0.2, -0.15) is 0 Å². The Labute approximate surface area is 118 Å². The first kappa shape index (κ1) is 12.8. The number of nitrogens with zero attached hydrogens (tertiary/aromatic N) is 5. The summed E-state index contributed by atoms with van der Waals surface area (Å²) in [6.45, 7) is 6.17. The molecule has 0 amide bonds. The van der Waals surface area contributed by atoms with Crippen molar-refractivity contribution in [1.82, 2.24) is 24.5 Å². The van der Waals surface area contributed by atoms with Crippen molar-refractivity contribution in [2.45, 2.75) is 39.3 Å². The van der Waals surface area contributed by atoms with Crippen molar-refractivity contribution in [2.24, 2.45) is 0 Å². The molecule has 3 aromatic rings. The van der Waals surface area contributed by atoms with Gasteiger partial charge in [0, 0.05) is 31.4 Å². The minimum absolute atomic E-state index is 0.456. The molecule has 0 bridgehead atoms. The van der Waals surface area contributed by atoms with E-state index in [0.29, 0.717) is 5.92 Å². The molecule has 0 saturated heterocycles. The summed E-state index contributed by atoms with van der Waals surface area (Å²) in [5.74, 6) is 1.60. The van der Waals surface area contributed by atoms with E-state index in [1.54, 1.807) is 0 Å². The van der Waals surface area contributed by atoms with Crippen LogP contribution in [0.15, 0.2) is 36.7 Å². The third-order valence-electron chi connectivity index (χ3n) is 3.45. The molecule has 0 saturated carbocycles. The maximum Gasteiger partial charge on any atom is 0.113 e. The molecule has 0 aliphatic heterocycles. The predicted octanol–water partition coefficient (Wildman–Crippen LogP) is 2.84. The molecule has 20 heavy (non-hydrogen) atoms. The second kappa shape index (κ2) is 5.45. The van der Waals surface area contributed by atoms with Crippen LogP contribution < -0.4 is 0 Å². The molecule has 0 radical (unpaired) electrons. The van der Waals surface area contributed by atoms with Crippen LogP contribution in [0.1, 0.15) is 32.0 Å². The van der Waals surface area contributed by atoms with E-state index >= 15 is 0 Å². The van der Waals surface area contributed by atoms with E-state index in [1.165, 1.54) is 0 Å². The number of benzene rings is 1. The van der Waals surface area contributed by atoms with Crippen LogP contribution in [0.5, 0.6) is 0 Å². The van der Waals surface area contributed by atoms with Crippen LogP contribution in [0, 0.1) is 0 Å². The van der Waals surface area contributed by atoms with E-state index < -0.39 is 0 Å². The average Bonchev–Trinajstić information content (AvgIpc) is 3.06. The second-order valence-corrected chi connectivity index (χ2v) is 5.29. The summed E-state index contributed by atoms with van der Waals surface area (Å²) in [5, 5.41) is 8.39. The molecule has 0 N–H and O–H groups in total. The Morgan fingerprint density at radius 2 is 2.00 bits per heavy atom. The van der Waals surface area contributed by atoms with Gasteiger partial charge in [0.05, 0.1) is 5.52 Å². The fourth-order valence-corrected chi connectivity index (χ4v) is 2.48. The first-order valence-electron chi connectivity index (χ1n) is 7.05. The lowest BCUT2D eigenvalue weighted by atomic mass is 10.2. The van der Waals surface area contributed by atoms with Crippen LogP contribution in [0.4, 0.5) is 0 Å². The van der Waals surface area contributed by atoms with Crippen molar-refractivity contribution in [3.8, 4) is 0 Å². The molecule has 0 atom stereocenters. The molecular formula is C15H19N5. The second-order valence-electron chi connectivity index (χ2n) is 5.29. The first-order valence-corrected chi connectivity index (χ1v) is 7.05. The Hall–Kier alpha value is -2.17. The molecule has 104 valence electrons. The number of para-hydroxylation sites is 1. The zero-order valence-corrected chi connectivity index (χ0v) is 11.9. The molecule has 0 spiro atoms. The van der Waals surface area contributed by atoms with Crippen molar-refractivity contribution in [3.63, 3.8) is 0 Å². The fourth-order valence-electron chi connectivity index (χ4n) is 2.48. The third-order valence-corrected chi connectivity index (χ3v) is 3.45. The number of hydrogen-bond donors (Lipinski definition) is 0. The van der Waals surface area contributed by atoms with Gasteiger partial charge in [-0.15, -0.1) is 5.10 Å². The van der Waals surface area contributed by atoms with Crippen molar-refractivity contribution in [2.75, 3.05) is 0 Å². The molecule has 5 heteroatoms. The average molecular weight is 269 g/mol. The van der Waals surface area contributed by atoms with Crippen LogP contribution in [0.3, 0.4) is 0 Å². The maximum absolute atomic E-state index is 4.41. The minimum atomic E-state index is 0.456. The van der Waals surface area contributed by atoms with Crippen LogP contribution in [-0.4, -0.2) is 24.5 Å². The highest BCUT2D eigenvalue weighted by molar-refractivity contribution is 5.73. The molecule has 0 unspecified atom stereocenters. The number of fused-ring (bicyclic) bond motifs is 1. The van der Waals surface area contributed by atoms with Crippen molar-refractivity contribution < 1.29 is 0 Å². The fraction of sp³-hybridized carbons (Fsp3) is 0.400. The van der Waals surface area contributed by atoms with E-state index in [0.717, 1.165) is 36.4 Å². The molecule has 2 heterocycles. The number of aryl methyl sites for hydroxylation is 2. The zero-order chi connectivity index (χ0) is 13.9. The van der Waals surface area contributed by atoms with Crippen LogP contribution in [0.25, 0.3) is 11.0 Å². The monoisotopic (exact) mass is 269 g/mol. The Kier molecular flexibility index (Phi) is 3.50. The molecule has 0 aliphatic carbocycles. The predicted molar refractivity (Wildman–Crippen MR) is 78.5 cm³/mol. The highest BCUT2D eigenvalue weighted by atomic mass is 15.4. The van der Waals surface area contributed by atoms with E-state index in [9.17, 15) is 0 Å². The standard InChI is InChI=1S/C15H19N5/c1-12(2)15-16-8-11-19(15)9-5-10-20-14-7-4-3-6-13(14)17-18-20/h3-4,6-8,11-12H,5,9-10H2,1-2H3. The molecular weight excluding hydrogens is 250 g/mol. The lowest BCUT2D eigenvalue weighted by molar-refractivity contribution is 0.510. The van der Waals surface area contributed by atoms with Crippen molar-refractivity contribution >= 4 is 11.0 Å². The molecule has 3 rings (SSSR count). The summed E-state index contributed by atoms with van der Waals surface area (Å²) in [6, 6.07) is 8.06. The zero-order valence-electron chi connectivity index (χ0n) is 11.9. The normalized spacial score (nSPS) is 11.6. The van der Waals surface area contributed by atoms with Crippen molar-refractivity contribution in [3.05, 3.63) is 42.5 Å². The SMILES string of the molecule is CC(C)c1nccn1CCCn1nnc2ccccc21. The number of aromatic nitrogens is 5. The van der Waals surface area contributed by atoms with Gasteiger partial charge in [-0.3, -0.25) is 0 Å². The third kappa shape index (κ3) is 2.43. The van der Waals surface area contributed by atoms with E-state index in [-0.39, 0.29) is 0 Å². The first-order chi connectivity index (χ1) is 9.75. The molecule has 0 aliphatic rings. The Bertz CT molecular complexity index is 695. The van der Waals surface area contributed by atoms with Crippen LogP contribution >= 0.6 is 0 Å². The highest BCUT2D eigenvalue weighted by Gasteiger charge is 2.07. The van der Waals surface area contributed by atoms with Crippen LogP contribution in [-0.2, 0) is 13.1 Å². The molecule has 0 fully saturated rings. The summed E-state index contributed by atoms with van der Waals surface area (Å²) in [6.07, 6.45) is 4.94. The number of imidazole rings is 1. The van der Waals surface area contributed by atoms with Gasteiger partial charge in [0.25, 0.3) is 0 Å². The number of rotatable bonds is 5. The van der Waals surface area contributed by atoms with Gasteiger partial charge in [-0.05, 0) is 18.6 Å². The Morgan fingerprint density at radius 3 is 2.85 bits per heavy atom. The summed E-state index contributed by atoms with van der Waals surface area (Å²) >= 11 is 0. The van der Waals surface area contributed by atoms with Crippen LogP contribution in [0.2, 0.25) is 0 Å². The topological polar surface area (TPSA) is 48.5 Å². The van der Waals surface area contributed by atoms with Crippen molar-refractivity contribution in [1.29, 1.82) is 0 Å². The smallest absolute Gasteiger partial charge is 0.113 e. The van der Waals surface area contributed by atoms with Gasteiger partial charge in [-0.1, -0.05) is 31.2 Å². The van der Waals surface area contributed by atoms with E-state index in [1.807, 2.05) is 29.1 Å². The summed E-state index contributed by atoms with van der Waals surface area (Å²) in [5.41, 5.74) is 2.06. The van der Waals surface area contributed by atoms with E-state index in [2.05, 4.69) is 46.0 Å². The van der Waals surface area contributed by atoms with Gasteiger partial charge >= 0.3 is 0 Å². The highest BCUT2D eigenvalue weighted by Crippen LogP contribution is 2.13. The lowest BCUT2D eigenvalue weighted by Gasteiger charge is -2.10. The van der Waals surface area contributed by atoms with Gasteiger partial charge in [0.1, 0.15) is 11.3 Å². The minimum Gasteiger partial charge on any atom is -0.335 e. The van der Waals surface area contributed by atoms with Gasteiger partial charge in [0.2, 0.25) is 0 Å². The van der Waals surface area contributed by atoms with Gasteiger partial charge in [0.15, 0.2) is 0 Å². The van der Waals surface area contributed by atoms with Gasteiger partial charge < -0.3 is 4.57 Å². The summed E-state index contributed by atoms with van der Waals surface area (Å²) in [7, 11) is 0. The Morgan fingerprint density at radius 1 is 1.15 bits per heavy atom. The quantitative estimate of drug-likeness (QED) is 0.715. The largest absolute Gasteiger partial charge is 0.335 e. The lowest BCUT2D eigenvalue weighted by Crippen LogP contribution is -2.08. The maximum atomic E-state index is 4.41. The molecule has 1 aromatic carbocycles. The van der Waals surface area contributed by atoms with Gasteiger partial charge in [-0.25, -0.2) is 9.67 Å². The molecule has 5 nitrogen and oxygen atoms in total. The summed E-state index contributed by atoms with van der Waals surface area (Å²) in [4.78, 5) is 4.41. The van der Waals surface area contributed by atoms with E-state index in [4.69, 9.17) is 0 Å².